The van der Waals surface area contributed by atoms with Crippen molar-refractivity contribution in [2.75, 3.05) is 0 Å². The fraction of sp³-hybridized carbons (Fsp3) is 0.294. The molecule has 0 saturated carbocycles. The molecule has 0 aliphatic rings. The summed E-state index contributed by atoms with van der Waals surface area (Å²) in [4.78, 5) is 0. The van der Waals surface area contributed by atoms with Crippen LogP contribution in [0.1, 0.15) is 33.9 Å². The molecule has 1 unspecified atom stereocenters. The van der Waals surface area contributed by atoms with Gasteiger partial charge in [-0.25, -0.2) is 0 Å². The molecule has 100 valence electrons. The van der Waals surface area contributed by atoms with E-state index in [2.05, 4.69) is 32.0 Å². The van der Waals surface area contributed by atoms with Crippen molar-refractivity contribution >= 4 is 11.6 Å². The Bertz CT molecular complexity index is 590. The number of hydrogen-bond donors (Lipinski definition) is 1. The minimum Gasteiger partial charge on any atom is -0.388 e. The molecule has 0 aromatic heterocycles. The molecule has 2 aromatic carbocycles. The molecule has 0 spiro atoms. The van der Waals surface area contributed by atoms with E-state index in [9.17, 15) is 5.11 Å². The quantitative estimate of drug-likeness (QED) is 0.871. The minimum atomic E-state index is -0.515. The van der Waals surface area contributed by atoms with Gasteiger partial charge in [0.1, 0.15) is 0 Å². The van der Waals surface area contributed by atoms with Crippen LogP contribution in [-0.2, 0) is 6.42 Å². The van der Waals surface area contributed by atoms with Crippen LogP contribution in [-0.4, -0.2) is 5.11 Å². The first-order chi connectivity index (χ1) is 8.97. The second kappa shape index (κ2) is 5.77. The van der Waals surface area contributed by atoms with Crippen molar-refractivity contribution in [1.82, 2.24) is 0 Å². The van der Waals surface area contributed by atoms with Gasteiger partial charge in [-0.3, -0.25) is 0 Å². The maximum absolute atomic E-state index is 10.3. The SMILES string of the molecule is Cc1ccc(C)c(CC(O)c2ccc(C)c(Cl)c2)c1. The normalized spacial score (nSPS) is 12.5. The van der Waals surface area contributed by atoms with E-state index in [1.807, 2.05) is 25.1 Å². The Morgan fingerprint density at radius 2 is 1.68 bits per heavy atom. The van der Waals surface area contributed by atoms with Crippen molar-refractivity contribution < 1.29 is 5.11 Å². The van der Waals surface area contributed by atoms with E-state index in [4.69, 9.17) is 11.6 Å². The van der Waals surface area contributed by atoms with Crippen LogP contribution >= 0.6 is 11.6 Å². The van der Waals surface area contributed by atoms with E-state index < -0.39 is 6.10 Å². The van der Waals surface area contributed by atoms with Crippen LogP contribution in [0.25, 0.3) is 0 Å². The first kappa shape index (κ1) is 14.1. The summed E-state index contributed by atoms with van der Waals surface area (Å²) < 4.78 is 0. The van der Waals surface area contributed by atoms with Crippen molar-refractivity contribution in [2.24, 2.45) is 0 Å². The Hall–Kier alpha value is -1.31. The van der Waals surface area contributed by atoms with Crippen molar-refractivity contribution in [2.45, 2.75) is 33.3 Å². The van der Waals surface area contributed by atoms with Crippen LogP contribution in [0.5, 0.6) is 0 Å². The Labute approximate surface area is 119 Å². The molecule has 2 rings (SSSR count). The smallest absolute Gasteiger partial charge is 0.0831 e. The minimum absolute atomic E-state index is 0.515. The van der Waals surface area contributed by atoms with Crippen LogP contribution in [0.3, 0.4) is 0 Å². The molecule has 0 amide bonds. The average molecular weight is 275 g/mol. The van der Waals surface area contributed by atoms with Crippen molar-refractivity contribution in [3.8, 4) is 0 Å². The predicted octanol–water partition coefficient (Wildman–Crippen LogP) is 4.54. The summed E-state index contributed by atoms with van der Waals surface area (Å²) in [6, 6.07) is 12.1. The predicted molar refractivity (Wildman–Crippen MR) is 80.8 cm³/mol. The van der Waals surface area contributed by atoms with E-state index >= 15 is 0 Å². The molecule has 0 aliphatic heterocycles. The van der Waals surface area contributed by atoms with Gasteiger partial charge in [-0.1, -0.05) is 47.5 Å². The molecular weight excluding hydrogens is 256 g/mol. The lowest BCUT2D eigenvalue weighted by Crippen LogP contribution is -2.03. The molecule has 2 aromatic rings. The summed E-state index contributed by atoms with van der Waals surface area (Å²) in [6.45, 7) is 6.10. The van der Waals surface area contributed by atoms with Gasteiger partial charge in [-0.05, 0) is 49.1 Å². The topological polar surface area (TPSA) is 20.2 Å². The molecule has 1 atom stereocenters. The van der Waals surface area contributed by atoms with Gasteiger partial charge in [0.05, 0.1) is 6.10 Å². The number of benzene rings is 2. The zero-order valence-corrected chi connectivity index (χ0v) is 12.3. The molecule has 0 aliphatic carbocycles. The van der Waals surface area contributed by atoms with Gasteiger partial charge in [-0.2, -0.15) is 0 Å². The first-order valence-corrected chi connectivity index (χ1v) is 6.85. The van der Waals surface area contributed by atoms with Gasteiger partial charge >= 0.3 is 0 Å². The van der Waals surface area contributed by atoms with E-state index in [1.54, 1.807) is 0 Å². The fourth-order valence-corrected chi connectivity index (χ4v) is 2.35. The highest BCUT2D eigenvalue weighted by molar-refractivity contribution is 6.31. The highest BCUT2D eigenvalue weighted by Crippen LogP contribution is 2.25. The van der Waals surface area contributed by atoms with Crippen LogP contribution in [0, 0.1) is 20.8 Å². The lowest BCUT2D eigenvalue weighted by atomic mass is 9.96. The maximum atomic E-state index is 10.3. The Kier molecular flexibility index (Phi) is 4.28. The molecule has 0 heterocycles. The Balaban J connectivity index is 2.22. The highest BCUT2D eigenvalue weighted by atomic mass is 35.5. The summed E-state index contributed by atoms with van der Waals surface area (Å²) in [5, 5.41) is 11.1. The molecule has 2 heteroatoms. The summed E-state index contributed by atoms with van der Waals surface area (Å²) >= 11 is 6.11. The van der Waals surface area contributed by atoms with Crippen molar-refractivity contribution in [3.05, 3.63) is 69.2 Å². The molecule has 1 N–H and O–H groups in total. The fourth-order valence-electron chi connectivity index (χ4n) is 2.16. The number of hydrogen-bond acceptors (Lipinski definition) is 1. The molecule has 0 fully saturated rings. The van der Waals surface area contributed by atoms with Gasteiger partial charge < -0.3 is 5.11 Å². The number of aryl methyl sites for hydroxylation is 3. The standard InChI is InChI=1S/C17H19ClO/c1-11-4-5-12(2)15(8-11)10-17(19)14-7-6-13(3)16(18)9-14/h4-9,17,19H,10H2,1-3H3. The zero-order chi connectivity index (χ0) is 14.0. The second-order valence-corrected chi connectivity index (χ2v) is 5.57. The van der Waals surface area contributed by atoms with Gasteiger partial charge in [0, 0.05) is 11.4 Å². The van der Waals surface area contributed by atoms with Gasteiger partial charge in [0.25, 0.3) is 0 Å². The van der Waals surface area contributed by atoms with Crippen LogP contribution in [0.4, 0.5) is 0 Å². The number of aliphatic hydroxyl groups is 1. The largest absolute Gasteiger partial charge is 0.388 e. The number of halogens is 1. The van der Waals surface area contributed by atoms with E-state index in [1.165, 1.54) is 16.7 Å². The van der Waals surface area contributed by atoms with Gasteiger partial charge in [0.15, 0.2) is 0 Å². The monoisotopic (exact) mass is 274 g/mol. The number of rotatable bonds is 3. The average Bonchev–Trinajstić information content (AvgIpc) is 2.37. The Morgan fingerprint density at radius 3 is 2.37 bits per heavy atom. The summed E-state index contributed by atoms with van der Waals surface area (Å²) in [5.41, 5.74) is 5.52. The highest BCUT2D eigenvalue weighted by Gasteiger charge is 2.11. The molecule has 0 saturated heterocycles. The van der Waals surface area contributed by atoms with Crippen molar-refractivity contribution in [1.29, 1.82) is 0 Å². The lowest BCUT2D eigenvalue weighted by Gasteiger charge is -2.14. The van der Waals surface area contributed by atoms with E-state index in [0.29, 0.717) is 11.4 Å². The number of aliphatic hydroxyl groups excluding tert-OH is 1. The van der Waals surface area contributed by atoms with E-state index in [-0.39, 0.29) is 0 Å². The third kappa shape index (κ3) is 3.37. The molecule has 1 nitrogen and oxygen atoms in total. The van der Waals surface area contributed by atoms with Crippen molar-refractivity contribution in [3.63, 3.8) is 0 Å². The Morgan fingerprint density at radius 1 is 1.00 bits per heavy atom. The molecule has 0 bridgehead atoms. The summed E-state index contributed by atoms with van der Waals surface area (Å²) in [6.07, 6.45) is 0.103. The van der Waals surface area contributed by atoms with Crippen LogP contribution in [0.2, 0.25) is 5.02 Å². The van der Waals surface area contributed by atoms with Gasteiger partial charge in [-0.15, -0.1) is 0 Å². The summed E-state index contributed by atoms with van der Waals surface area (Å²) in [7, 11) is 0. The van der Waals surface area contributed by atoms with Crippen LogP contribution in [0.15, 0.2) is 36.4 Å². The molecular formula is C17H19ClO. The lowest BCUT2D eigenvalue weighted by molar-refractivity contribution is 0.178. The van der Waals surface area contributed by atoms with Crippen LogP contribution < -0.4 is 0 Å². The summed E-state index contributed by atoms with van der Waals surface area (Å²) in [5.74, 6) is 0. The first-order valence-electron chi connectivity index (χ1n) is 6.47. The third-order valence-electron chi connectivity index (χ3n) is 3.50. The maximum Gasteiger partial charge on any atom is 0.0831 e. The zero-order valence-electron chi connectivity index (χ0n) is 11.6. The van der Waals surface area contributed by atoms with E-state index in [0.717, 1.165) is 11.1 Å². The molecule has 19 heavy (non-hydrogen) atoms. The third-order valence-corrected chi connectivity index (χ3v) is 3.91. The van der Waals surface area contributed by atoms with Gasteiger partial charge in [0.2, 0.25) is 0 Å². The molecule has 0 radical (unpaired) electrons. The second-order valence-electron chi connectivity index (χ2n) is 5.16.